The highest BCUT2D eigenvalue weighted by molar-refractivity contribution is 6.43. The summed E-state index contributed by atoms with van der Waals surface area (Å²) in [4.78, 5) is 39.2. The van der Waals surface area contributed by atoms with Gasteiger partial charge < -0.3 is 30.7 Å². The van der Waals surface area contributed by atoms with E-state index >= 15 is 0 Å². The smallest absolute Gasteiger partial charge is 0.445 e. The van der Waals surface area contributed by atoms with E-state index in [0.29, 0.717) is 6.42 Å². The highest BCUT2D eigenvalue weighted by Gasteiger charge is 2.38. The Hall–Kier alpha value is -3.37. The van der Waals surface area contributed by atoms with Crippen LogP contribution in [0.15, 0.2) is 60.7 Å². The van der Waals surface area contributed by atoms with Crippen LogP contribution in [-0.2, 0) is 27.4 Å². The molecule has 3 rings (SSSR count). The van der Waals surface area contributed by atoms with Gasteiger partial charge in [0.2, 0.25) is 11.8 Å². The predicted octanol–water partition coefficient (Wildman–Crippen LogP) is 2.35. The van der Waals surface area contributed by atoms with Crippen molar-refractivity contribution in [3.05, 3.63) is 71.8 Å². The fourth-order valence-corrected chi connectivity index (χ4v) is 4.44. The summed E-state index contributed by atoms with van der Waals surface area (Å²) in [5.74, 6) is -1.75. The van der Waals surface area contributed by atoms with Crippen molar-refractivity contribution in [2.24, 2.45) is 11.8 Å². The van der Waals surface area contributed by atoms with Crippen LogP contribution in [0.2, 0.25) is 0 Å². The summed E-state index contributed by atoms with van der Waals surface area (Å²) in [6, 6.07) is 16.5. The Bertz CT molecular complexity index is 1030. The van der Waals surface area contributed by atoms with E-state index in [2.05, 4.69) is 16.0 Å². The van der Waals surface area contributed by atoms with Crippen LogP contribution in [0.4, 0.5) is 4.79 Å². The Kier molecular flexibility index (Phi) is 11.2. The Morgan fingerprint density at radius 2 is 1.45 bits per heavy atom. The van der Waals surface area contributed by atoms with Crippen LogP contribution in [0.25, 0.3) is 0 Å². The Labute approximate surface area is 224 Å². The van der Waals surface area contributed by atoms with Crippen LogP contribution >= 0.6 is 0 Å². The molecule has 0 aromatic heterocycles. The molecule has 3 atom stereocenters. The van der Waals surface area contributed by atoms with Crippen molar-refractivity contribution in [1.29, 1.82) is 0 Å². The molecular weight excluding hydrogens is 485 g/mol. The Balaban J connectivity index is 1.69. The lowest BCUT2D eigenvalue weighted by Gasteiger charge is -2.35. The molecule has 1 aliphatic carbocycles. The zero-order valence-electron chi connectivity index (χ0n) is 22.0. The second-order valence-electron chi connectivity index (χ2n) is 10.3. The first-order valence-electron chi connectivity index (χ1n) is 13.2. The molecule has 10 heteroatoms. The van der Waals surface area contributed by atoms with Crippen molar-refractivity contribution < 1.29 is 29.2 Å². The van der Waals surface area contributed by atoms with Crippen molar-refractivity contribution in [3.8, 4) is 0 Å². The number of ether oxygens (including phenoxy) is 1. The molecule has 0 heterocycles. The second kappa shape index (κ2) is 14.5. The van der Waals surface area contributed by atoms with Crippen LogP contribution < -0.4 is 16.0 Å². The van der Waals surface area contributed by atoms with Gasteiger partial charge in [-0.1, -0.05) is 80.9 Å². The zero-order valence-corrected chi connectivity index (χ0v) is 22.0. The molecular formula is C28H38BN3O6. The Morgan fingerprint density at radius 1 is 0.868 bits per heavy atom. The number of nitrogens with one attached hydrogen (secondary N) is 3. The molecule has 0 unspecified atom stereocenters. The normalized spacial score (nSPS) is 15.5. The highest BCUT2D eigenvalue weighted by Crippen LogP contribution is 2.30. The van der Waals surface area contributed by atoms with Gasteiger partial charge in [0, 0.05) is 6.42 Å². The maximum absolute atomic E-state index is 13.4. The molecule has 1 saturated carbocycles. The molecule has 0 aliphatic heterocycles. The molecule has 0 spiro atoms. The monoisotopic (exact) mass is 523 g/mol. The molecule has 5 N–H and O–H groups in total. The first kappa shape index (κ1) is 29.2. The largest absolute Gasteiger partial charge is 0.475 e. The van der Waals surface area contributed by atoms with Crippen molar-refractivity contribution >= 4 is 25.0 Å². The summed E-state index contributed by atoms with van der Waals surface area (Å²) in [6.45, 7) is 3.91. The van der Waals surface area contributed by atoms with Gasteiger partial charge in [0.1, 0.15) is 18.7 Å². The summed E-state index contributed by atoms with van der Waals surface area (Å²) in [5, 5.41) is 27.8. The molecule has 1 fully saturated rings. The standard InChI is InChI=1S/C28H38BN3O6/c1-19(2)16-23(27(34)32-25(29(36)37)22-14-9-15-22)30-26(33)24(17-20-10-5-3-6-11-20)31-28(35)38-18-21-12-7-4-8-13-21/h3-8,10-13,19,22-25,36-37H,9,14-18H2,1-2H3,(H,30,33)(H,31,35)(H,32,34)/t23-,24-,25-/m0/s1. The van der Waals surface area contributed by atoms with Crippen LogP contribution in [-0.4, -0.2) is 53.1 Å². The third-order valence-corrected chi connectivity index (χ3v) is 6.73. The first-order chi connectivity index (χ1) is 18.2. The SMILES string of the molecule is CC(C)C[C@H](NC(=O)[C@H](Cc1ccccc1)NC(=O)OCc1ccccc1)C(=O)N[C@H](B(O)O)C1CCC1. The van der Waals surface area contributed by atoms with E-state index in [9.17, 15) is 24.4 Å². The van der Waals surface area contributed by atoms with Crippen molar-refractivity contribution in [2.45, 2.75) is 70.6 Å². The van der Waals surface area contributed by atoms with Gasteiger partial charge in [-0.2, -0.15) is 0 Å². The Morgan fingerprint density at radius 3 is 1.97 bits per heavy atom. The minimum Gasteiger partial charge on any atom is -0.445 e. The lowest BCUT2D eigenvalue weighted by atomic mass is 9.64. The number of hydrogen-bond acceptors (Lipinski definition) is 6. The molecule has 2 aromatic carbocycles. The summed E-state index contributed by atoms with van der Waals surface area (Å²) >= 11 is 0. The van der Waals surface area contributed by atoms with E-state index in [1.54, 1.807) is 0 Å². The number of carbonyl (C=O) groups excluding carboxylic acids is 3. The van der Waals surface area contributed by atoms with E-state index in [1.165, 1.54) is 0 Å². The van der Waals surface area contributed by atoms with Gasteiger partial charge in [0.15, 0.2) is 0 Å². The minimum atomic E-state index is -1.69. The third kappa shape index (κ3) is 9.18. The molecule has 1 aliphatic rings. The topological polar surface area (TPSA) is 137 Å². The van der Waals surface area contributed by atoms with Crippen molar-refractivity contribution in [1.82, 2.24) is 16.0 Å². The highest BCUT2D eigenvalue weighted by atomic mass is 16.5. The summed E-state index contributed by atoms with van der Waals surface area (Å²) < 4.78 is 5.32. The molecule has 9 nitrogen and oxygen atoms in total. The van der Waals surface area contributed by atoms with Gasteiger partial charge in [-0.05, 0) is 42.2 Å². The maximum Gasteiger partial charge on any atom is 0.475 e. The number of rotatable bonds is 13. The molecule has 0 radical (unpaired) electrons. The van der Waals surface area contributed by atoms with E-state index in [4.69, 9.17) is 4.74 Å². The van der Waals surface area contributed by atoms with Gasteiger partial charge in [0.25, 0.3) is 0 Å². The van der Waals surface area contributed by atoms with Gasteiger partial charge in [-0.3, -0.25) is 9.59 Å². The first-order valence-corrected chi connectivity index (χ1v) is 13.2. The van der Waals surface area contributed by atoms with Crippen molar-refractivity contribution in [3.63, 3.8) is 0 Å². The molecule has 0 saturated heterocycles. The van der Waals surface area contributed by atoms with E-state index < -0.39 is 43.1 Å². The summed E-state index contributed by atoms with van der Waals surface area (Å²) in [5.41, 5.74) is 1.64. The van der Waals surface area contributed by atoms with Crippen LogP contribution in [0.3, 0.4) is 0 Å². The fraction of sp³-hybridized carbons (Fsp3) is 0.464. The molecule has 38 heavy (non-hydrogen) atoms. The number of carbonyl (C=O) groups is 3. The number of hydrogen-bond donors (Lipinski definition) is 5. The quantitative estimate of drug-likeness (QED) is 0.256. The second-order valence-corrected chi connectivity index (χ2v) is 10.3. The average molecular weight is 523 g/mol. The molecule has 2 aromatic rings. The average Bonchev–Trinajstić information content (AvgIpc) is 2.86. The molecule has 204 valence electrons. The molecule has 3 amide bonds. The van der Waals surface area contributed by atoms with Gasteiger partial charge in [-0.25, -0.2) is 4.79 Å². The van der Waals surface area contributed by atoms with Crippen LogP contribution in [0.1, 0.15) is 50.7 Å². The zero-order chi connectivity index (χ0) is 27.5. The molecule has 0 bridgehead atoms. The van der Waals surface area contributed by atoms with Crippen molar-refractivity contribution in [2.75, 3.05) is 0 Å². The van der Waals surface area contributed by atoms with Gasteiger partial charge in [-0.15, -0.1) is 0 Å². The van der Waals surface area contributed by atoms with Crippen LogP contribution in [0.5, 0.6) is 0 Å². The third-order valence-electron chi connectivity index (χ3n) is 6.73. The lowest BCUT2D eigenvalue weighted by molar-refractivity contribution is -0.130. The van der Waals surface area contributed by atoms with E-state index in [-0.39, 0.29) is 24.9 Å². The maximum atomic E-state index is 13.4. The van der Waals surface area contributed by atoms with E-state index in [0.717, 1.165) is 30.4 Å². The minimum absolute atomic E-state index is 0.0127. The lowest BCUT2D eigenvalue weighted by Crippen LogP contribution is -2.59. The van der Waals surface area contributed by atoms with Crippen LogP contribution in [0, 0.1) is 11.8 Å². The number of amides is 3. The summed E-state index contributed by atoms with van der Waals surface area (Å²) in [7, 11) is -1.69. The summed E-state index contributed by atoms with van der Waals surface area (Å²) in [6.07, 6.45) is 2.37. The fourth-order valence-electron chi connectivity index (χ4n) is 4.44. The number of benzene rings is 2. The van der Waals surface area contributed by atoms with E-state index in [1.807, 2.05) is 74.5 Å². The van der Waals surface area contributed by atoms with Gasteiger partial charge in [0.05, 0.1) is 5.94 Å². The number of alkyl carbamates (subject to hydrolysis) is 1. The van der Waals surface area contributed by atoms with Gasteiger partial charge >= 0.3 is 13.2 Å². The predicted molar refractivity (Wildman–Crippen MR) is 145 cm³/mol.